The summed E-state index contributed by atoms with van der Waals surface area (Å²) < 4.78 is 5.30. The van der Waals surface area contributed by atoms with Crippen LogP contribution in [0.2, 0.25) is 0 Å². The predicted molar refractivity (Wildman–Crippen MR) is 108 cm³/mol. The number of fused-ring (bicyclic) bond motifs is 1. The van der Waals surface area contributed by atoms with Crippen molar-refractivity contribution in [3.05, 3.63) is 75.5 Å². The van der Waals surface area contributed by atoms with Gasteiger partial charge in [0.2, 0.25) is 0 Å². The Morgan fingerprint density at radius 2 is 1.84 bits per heavy atom. The SMILES string of the molecule is C[C@H]([I-]C1=NC=Ic2[nH]c(-c3ccc(O)cc3)cc21)c1ccccc1. The first-order chi connectivity index (χ1) is 12.2. The summed E-state index contributed by atoms with van der Waals surface area (Å²) in [6.45, 7) is 2.31. The summed E-state index contributed by atoms with van der Waals surface area (Å²) in [5.74, 6) is 0.297. The van der Waals surface area contributed by atoms with Crippen molar-refractivity contribution >= 4 is 28.6 Å². The molecule has 0 saturated carbocycles. The number of aromatic amines is 1. The summed E-state index contributed by atoms with van der Waals surface area (Å²) in [4.78, 5) is 8.37. The van der Waals surface area contributed by atoms with Crippen LogP contribution in [-0.4, -0.2) is 17.9 Å². The van der Waals surface area contributed by atoms with Crippen LogP contribution >= 0.6 is 20.7 Å². The van der Waals surface area contributed by atoms with Gasteiger partial charge in [0.1, 0.15) is 0 Å². The van der Waals surface area contributed by atoms with Gasteiger partial charge in [-0.15, -0.1) is 0 Å². The second-order valence-electron chi connectivity index (χ2n) is 5.72. The van der Waals surface area contributed by atoms with Crippen LogP contribution < -0.4 is 21.2 Å². The van der Waals surface area contributed by atoms with Gasteiger partial charge >= 0.3 is 168 Å². The van der Waals surface area contributed by atoms with E-state index in [0.717, 1.165) is 11.3 Å². The maximum atomic E-state index is 9.49. The summed E-state index contributed by atoms with van der Waals surface area (Å²) >= 11 is -0.403. The molecule has 0 radical (unpaired) electrons. The second-order valence-corrected chi connectivity index (χ2v) is 11.5. The first-order valence-corrected chi connectivity index (χ1v) is 12.6. The van der Waals surface area contributed by atoms with E-state index < -0.39 is 0 Å². The van der Waals surface area contributed by atoms with E-state index in [-0.39, 0.29) is 41.9 Å². The van der Waals surface area contributed by atoms with Crippen molar-refractivity contribution in [1.29, 1.82) is 0 Å². The minimum atomic E-state index is -0.212. The minimum absolute atomic E-state index is 0.191. The van der Waals surface area contributed by atoms with Gasteiger partial charge < -0.3 is 0 Å². The molecule has 0 unspecified atom stereocenters. The van der Waals surface area contributed by atoms with Crippen LogP contribution in [0.25, 0.3) is 11.3 Å². The second kappa shape index (κ2) is 7.41. The van der Waals surface area contributed by atoms with Gasteiger partial charge in [-0.25, -0.2) is 0 Å². The van der Waals surface area contributed by atoms with Gasteiger partial charge in [0, 0.05) is 0 Å². The molecule has 1 aliphatic heterocycles. The van der Waals surface area contributed by atoms with E-state index in [0.29, 0.717) is 9.67 Å². The van der Waals surface area contributed by atoms with Crippen molar-refractivity contribution in [3.8, 4) is 17.0 Å². The number of aliphatic imine (C=N–C) groups is 1. The number of aromatic hydroxyl groups is 1. The molecule has 1 aromatic heterocycles. The van der Waals surface area contributed by atoms with Gasteiger partial charge in [-0.05, 0) is 0 Å². The summed E-state index contributed by atoms with van der Waals surface area (Å²) in [6, 6.07) is 20.3. The summed E-state index contributed by atoms with van der Waals surface area (Å²) in [5, 5.41) is 9.49. The standard InChI is InChI=1S/C20H17I2N2O/c1-13(14-5-3-2-4-6-14)22-20-17-11-18(24-19(17)21-12-23-20)15-7-9-16(25)10-8-15/h2-13,24-25H,1H3/q-1/t13-/m0/s1. The summed E-state index contributed by atoms with van der Waals surface area (Å²) in [7, 11) is 0. The molecular weight excluding hydrogens is 538 g/mol. The van der Waals surface area contributed by atoms with Crippen molar-refractivity contribution in [3.63, 3.8) is 0 Å². The van der Waals surface area contributed by atoms with Gasteiger partial charge in [-0.3, -0.25) is 0 Å². The molecule has 3 aromatic rings. The summed E-state index contributed by atoms with van der Waals surface area (Å²) in [6.07, 6.45) is 0. The number of aromatic nitrogens is 1. The van der Waals surface area contributed by atoms with Crippen LogP contribution in [0.15, 0.2) is 65.7 Å². The Morgan fingerprint density at radius 1 is 1.08 bits per heavy atom. The maximum absolute atomic E-state index is 9.49. The van der Waals surface area contributed by atoms with Gasteiger partial charge in [-0.2, -0.15) is 0 Å². The van der Waals surface area contributed by atoms with E-state index in [2.05, 4.69) is 52.4 Å². The van der Waals surface area contributed by atoms with Crippen LogP contribution in [0.3, 0.4) is 0 Å². The molecule has 0 amide bonds. The zero-order valence-corrected chi connectivity index (χ0v) is 17.9. The van der Waals surface area contributed by atoms with Gasteiger partial charge in [0.05, 0.1) is 0 Å². The molecule has 0 fully saturated rings. The summed E-state index contributed by atoms with van der Waals surface area (Å²) in [5.41, 5.74) is 4.93. The number of H-pyrrole nitrogens is 1. The Kier molecular flexibility index (Phi) is 5.03. The van der Waals surface area contributed by atoms with Crippen LogP contribution in [0.5, 0.6) is 5.75 Å². The number of phenolic OH excluding ortho intramolecular Hbond substituents is 1. The molecule has 0 spiro atoms. The average molecular weight is 555 g/mol. The topological polar surface area (TPSA) is 48.4 Å². The molecule has 4 rings (SSSR count). The van der Waals surface area contributed by atoms with Crippen LogP contribution in [0.4, 0.5) is 0 Å². The Hall–Kier alpha value is -1.48. The average Bonchev–Trinajstić information content (AvgIpc) is 3.08. The number of nitrogens with one attached hydrogen (secondary N) is 1. The fourth-order valence-corrected chi connectivity index (χ4v) is 8.33. The number of phenols is 1. The number of hydrogen-bond acceptors (Lipinski definition) is 2. The van der Waals surface area contributed by atoms with Gasteiger partial charge in [0.25, 0.3) is 0 Å². The van der Waals surface area contributed by atoms with Crippen molar-refractivity contribution in [2.24, 2.45) is 4.99 Å². The van der Waals surface area contributed by atoms with Crippen molar-refractivity contribution in [2.75, 3.05) is 0 Å². The molecule has 2 heterocycles. The number of alkyl halides is 1. The van der Waals surface area contributed by atoms with E-state index in [1.54, 1.807) is 12.1 Å². The molecular formula is C20H17I2N2O-. The van der Waals surface area contributed by atoms with E-state index in [9.17, 15) is 5.11 Å². The van der Waals surface area contributed by atoms with Crippen molar-refractivity contribution < 1.29 is 26.3 Å². The molecule has 0 aliphatic carbocycles. The molecule has 2 N–H and O–H groups in total. The monoisotopic (exact) mass is 555 g/mol. The Labute approximate surface area is 167 Å². The molecule has 1 aliphatic rings. The Balaban J connectivity index is 1.62. The molecule has 25 heavy (non-hydrogen) atoms. The van der Waals surface area contributed by atoms with E-state index >= 15 is 0 Å². The molecule has 1 atom stereocenters. The molecule has 0 saturated heterocycles. The number of nitrogens with zero attached hydrogens (tertiary/aromatic N) is 1. The third-order valence-corrected chi connectivity index (χ3v) is 9.15. The molecule has 5 heteroatoms. The Bertz CT molecular complexity index is 944. The fraction of sp³-hybridized carbons (Fsp3) is 0.100. The number of rotatable bonds is 4. The Morgan fingerprint density at radius 3 is 2.60 bits per heavy atom. The molecule has 2 aromatic carbocycles. The first kappa shape index (κ1) is 17.0. The first-order valence-electron chi connectivity index (χ1n) is 7.95. The molecule has 3 nitrogen and oxygen atoms in total. The van der Waals surface area contributed by atoms with Gasteiger partial charge in [-0.1, -0.05) is 0 Å². The molecule has 128 valence electrons. The predicted octanol–water partition coefficient (Wildman–Crippen LogP) is 1.90. The number of benzene rings is 2. The van der Waals surface area contributed by atoms with E-state index in [1.165, 1.54) is 18.5 Å². The third kappa shape index (κ3) is 3.72. The third-order valence-electron chi connectivity index (χ3n) is 4.02. The van der Waals surface area contributed by atoms with E-state index in [1.807, 2.05) is 12.1 Å². The number of hydrogen-bond donors (Lipinski definition) is 2. The zero-order valence-electron chi connectivity index (χ0n) is 13.6. The van der Waals surface area contributed by atoms with Crippen LogP contribution in [0, 0.1) is 3.70 Å². The van der Waals surface area contributed by atoms with Crippen LogP contribution in [-0.2, 0) is 0 Å². The number of halogens is 2. The normalized spacial score (nSPS) is 14.5. The van der Waals surface area contributed by atoms with E-state index in [4.69, 9.17) is 4.99 Å². The zero-order chi connectivity index (χ0) is 17.2. The van der Waals surface area contributed by atoms with Crippen molar-refractivity contribution in [1.82, 2.24) is 4.98 Å². The van der Waals surface area contributed by atoms with Crippen molar-refractivity contribution in [2.45, 2.75) is 10.8 Å². The quantitative estimate of drug-likeness (QED) is 0.376. The van der Waals surface area contributed by atoms with Gasteiger partial charge in [0.15, 0.2) is 0 Å². The fourth-order valence-electron chi connectivity index (χ4n) is 2.67. The van der Waals surface area contributed by atoms with Crippen LogP contribution in [0.1, 0.15) is 22.0 Å². The molecule has 0 bridgehead atoms.